The monoisotopic (exact) mass is 325 g/mol. The van der Waals surface area contributed by atoms with E-state index in [1.807, 2.05) is 52.0 Å². The Kier molecular flexibility index (Phi) is 5.68. The van der Waals surface area contributed by atoms with Crippen LogP contribution in [0.15, 0.2) is 42.5 Å². The van der Waals surface area contributed by atoms with Gasteiger partial charge in [0.2, 0.25) is 0 Å². The standard InChI is InChI=1S/C19H23N3O2/c1-5-22(15-9-6-8-14(4)12-15)19(24)17-11-7-10-16(21-17)18(23)20-13(2)3/h6-13H,5H2,1-4H3,(H,20,23). The molecule has 0 unspecified atom stereocenters. The molecule has 126 valence electrons. The smallest absolute Gasteiger partial charge is 0.276 e. The topological polar surface area (TPSA) is 62.3 Å². The molecule has 0 aliphatic heterocycles. The number of benzene rings is 1. The molecule has 5 heteroatoms. The number of rotatable bonds is 5. The molecule has 0 bridgehead atoms. The normalized spacial score (nSPS) is 10.5. The first-order valence-electron chi connectivity index (χ1n) is 8.08. The van der Waals surface area contributed by atoms with Crippen LogP contribution < -0.4 is 10.2 Å². The van der Waals surface area contributed by atoms with Crippen molar-refractivity contribution in [2.24, 2.45) is 0 Å². The lowest BCUT2D eigenvalue weighted by Gasteiger charge is -2.21. The Balaban J connectivity index is 2.29. The Labute approximate surface area is 142 Å². The average molecular weight is 325 g/mol. The lowest BCUT2D eigenvalue weighted by molar-refractivity contribution is 0.0937. The molecule has 2 aromatic rings. The summed E-state index contributed by atoms with van der Waals surface area (Å²) in [6.45, 7) is 8.17. The van der Waals surface area contributed by atoms with Crippen LogP contribution in [0.5, 0.6) is 0 Å². The number of hydrogen-bond donors (Lipinski definition) is 1. The Morgan fingerprint density at radius 2 is 1.79 bits per heavy atom. The van der Waals surface area contributed by atoms with E-state index in [-0.39, 0.29) is 29.2 Å². The Morgan fingerprint density at radius 3 is 2.42 bits per heavy atom. The third kappa shape index (κ3) is 4.19. The van der Waals surface area contributed by atoms with Crippen molar-refractivity contribution >= 4 is 17.5 Å². The number of hydrogen-bond acceptors (Lipinski definition) is 3. The lowest BCUT2D eigenvalue weighted by Crippen LogP contribution is -2.33. The summed E-state index contributed by atoms with van der Waals surface area (Å²) in [6, 6.07) is 12.7. The van der Waals surface area contributed by atoms with E-state index in [2.05, 4.69) is 10.3 Å². The fourth-order valence-electron chi connectivity index (χ4n) is 2.39. The van der Waals surface area contributed by atoms with Gasteiger partial charge in [-0.2, -0.15) is 0 Å². The summed E-state index contributed by atoms with van der Waals surface area (Å²) in [5, 5.41) is 2.78. The minimum atomic E-state index is -0.279. The summed E-state index contributed by atoms with van der Waals surface area (Å²) in [4.78, 5) is 30.8. The van der Waals surface area contributed by atoms with Gasteiger partial charge in [-0.05, 0) is 57.5 Å². The van der Waals surface area contributed by atoms with E-state index in [0.717, 1.165) is 11.3 Å². The number of aryl methyl sites for hydroxylation is 1. The molecule has 0 aliphatic carbocycles. The van der Waals surface area contributed by atoms with Crippen LogP contribution in [0.1, 0.15) is 47.3 Å². The van der Waals surface area contributed by atoms with Crippen molar-refractivity contribution in [2.75, 3.05) is 11.4 Å². The van der Waals surface area contributed by atoms with E-state index < -0.39 is 0 Å². The molecule has 24 heavy (non-hydrogen) atoms. The maximum absolute atomic E-state index is 12.8. The molecule has 0 saturated carbocycles. The molecule has 0 fully saturated rings. The van der Waals surface area contributed by atoms with Gasteiger partial charge in [-0.25, -0.2) is 4.98 Å². The zero-order valence-electron chi connectivity index (χ0n) is 14.5. The van der Waals surface area contributed by atoms with Crippen molar-refractivity contribution in [1.82, 2.24) is 10.3 Å². The maximum atomic E-state index is 12.8. The quantitative estimate of drug-likeness (QED) is 0.918. The van der Waals surface area contributed by atoms with Gasteiger partial charge >= 0.3 is 0 Å². The second-order valence-corrected chi connectivity index (χ2v) is 5.92. The minimum absolute atomic E-state index is 0.0121. The van der Waals surface area contributed by atoms with Gasteiger partial charge in [-0.3, -0.25) is 9.59 Å². The second kappa shape index (κ2) is 7.73. The van der Waals surface area contributed by atoms with Gasteiger partial charge in [-0.1, -0.05) is 18.2 Å². The van der Waals surface area contributed by atoms with Crippen molar-refractivity contribution in [3.63, 3.8) is 0 Å². The zero-order chi connectivity index (χ0) is 17.7. The van der Waals surface area contributed by atoms with Gasteiger partial charge in [0.15, 0.2) is 0 Å². The molecule has 1 heterocycles. The predicted molar refractivity (Wildman–Crippen MR) is 95.4 cm³/mol. The van der Waals surface area contributed by atoms with Gasteiger partial charge in [0, 0.05) is 18.3 Å². The summed E-state index contributed by atoms with van der Waals surface area (Å²) in [5.74, 6) is -0.499. The third-order valence-corrected chi connectivity index (χ3v) is 3.50. The number of nitrogens with zero attached hydrogens (tertiary/aromatic N) is 2. The Hall–Kier alpha value is -2.69. The van der Waals surface area contributed by atoms with Crippen LogP contribution in [0, 0.1) is 6.92 Å². The van der Waals surface area contributed by atoms with Crippen LogP contribution in [0.25, 0.3) is 0 Å². The number of nitrogens with one attached hydrogen (secondary N) is 1. The van der Waals surface area contributed by atoms with Crippen molar-refractivity contribution in [2.45, 2.75) is 33.7 Å². The van der Waals surface area contributed by atoms with Crippen LogP contribution in [0.3, 0.4) is 0 Å². The molecule has 0 radical (unpaired) electrons. The van der Waals surface area contributed by atoms with E-state index in [4.69, 9.17) is 0 Å². The van der Waals surface area contributed by atoms with Crippen molar-refractivity contribution in [3.8, 4) is 0 Å². The van der Waals surface area contributed by atoms with Gasteiger partial charge in [0.25, 0.3) is 11.8 Å². The van der Waals surface area contributed by atoms with E-state index in [9.17, 15) is 9.59 Å². The van der Waals surface area contributed by atoms with Crippen LogP contribution in [0.4, 0.5) is 5.69 Å². The number of aromatic nitrogens is 1. The first-order valence-corrected chi connectivity index (χ1v) is 8.08. The molecule has 0 atom stereocenters. The first-order chi connectivity index (χ1) is 11.4. The first kappa shape index (κ1) is 17.7. The van der Waals surface area contributed by atoms with Gasteiger partial charge < -0.3 is 10.2 Å². The van der Waals surface area contributed by atoms with Crippen LogP contribution >= 0.6 is 0 Å². The number of carbonyl (C=O) groups is 2. The molecule has 0 spiro atoms. The largest absolute Gasteiger partial charge is 0.349 e. The SMILES string of the molecule is CCN(C(=O)c1cccc(C(=O)NC(C)C)n1)c1cccc(C)c1. The average Bonchev–Trinajstić information content (AvgIpc) is 2.55. The minimum Gasteiger partial charge on any atom is -0.349 e. The van der Waals surface area contributed by atoms with Crippen LogP contribution in [0.2, 0.25) is 0 Å². The van der Waals surface area contributed by atoms with Crippen molar-refractivity contribution in [3.05, 3.63) is 59.4 Å². The fraction of sp³-hybridized carbons (Fsp3) is 0.316. The van der Waals surface area contributed by atoms with E-state index in [1.54, 1.807) is 23.1 Å². The molecular weight excluding hydrogens is 302 g/mol. The molecule has 5 nitrogen and oxygen atoms in total. The maximum Gasteiger partial charge on any atom is 0.276 e. The highest BCUT2D eigenvalue weighted by molar-refractivity contribution is 6.05. The third-order valence-electron chi connectivity index (χ3n) is 3.50. The molecule has 1 N–H and O–H groups in total. The van der Waals surface area contributed by atoms with Crippen molar-refractivity contribution in [1.29, 1.82) is 0 Å². The molecular formula is C19H23N3O2. The fourth-order valence-corrected chi connectivity index (χ4v) is 2.39. The summed E-state index contributed by atoms with van der Waals surface area (Å²) < 4.78 is 0. The Bertz CT molecular complexity index is 741. The van der Waals surface area contributed by atoms with E-state index in [1.165, 1.54) is 0 Å². The lowest BCUT2D eigenvalue weighted by atomic mass is 10.2. The van der Waals surface area contributed by atoms with Gasteiger partial charge in [0.1, 0.15) is 11.4 Å². The highest BCUT2D eigenvalue weighted by Gasteiger charge is 2.19. The molecule has 0 saturated heterocycles. The van der Waals surface area contributed by atoms with Crippen LogP contribution in [-0.2, 0) is 0 Å². The van der Waals surface area contributed by atoms with Crippen molar-refractivity contribution < 1.29 is 9.59 Å². The van der Waals surface area contributed by atoms with Crippen LogP contribution in [-0.4, -0.2) is 29.4 Å². The molecule has 2 rings (SSSR count). The van der Waals surface area contributed by atoms with Gasteiger partial charge in [0.05, 0.1) is 0 Å². The molecule has 2 amide bonds. The summed E-state index contributed by atoms with van der Waals surface area (Å²) in [5.41, 5.74) is 2.41. The predicted octanol–water partition coefficient (Wildman–Crippen LogP) is 3.19. The molecule has 0 aliphatic rings. The van der Waals surface area contributed by atoms with E-state index in [0.29, 0.717) is 6.54 Å². The number of carbonyl (C=O) groups excluding carboxylic acids is 2. The summed E-state index contributed by atoms with van der Waals surface area (Å²) >= 11 is 0. The highest BCUT2D eigenvalue weighted by Crippen LogP contribution is 2.18. The molecule has 1 aromatic carbocycles. The highest BCUT2D eigenvalue weighted by atomic mass is 16.2. The van der Waals surface area contributed by atoms with Gasteiger partial charge in [-0.15, -0.1) is 0 Å². The summed E-state index contributed by atoms with van der Waals surface area (Å²) in [7, 11) is 0. The summed E-state index contributed by atoms with van der Waals surface area (Å²) in [6.07, 6.45) is 0. The Morgan fingerprint density at radius 1 is 1.12 bits per heavy atom. The number of anilines is 1. The molecule has 1 aromatic heterocycles. The van der Waals surface area contributed by atoms with E-state index >= 15 is 0 Å². The zero-order valence-corrected chi connectivity index (χ0v) is 14.5. The second-order valence-electron chi connectivity index (χ2n) is 5.92. The number of pyridine rings is 1. The number of amides is 2.